The minimum atomic E-state index is -3.57. The van der Waals surface area contributed by atoms with E-state index in [2.05, 4.69) is 5.32 Å². The van der Waals surface area contributed by atoms with Gasteiger partial charge in [0, 0.05) is 18.8 Å². The first-order valence-corrected chi connectivity index (χ1v) is 11.4. The molecule has 0 radical (unpaired) electrons. The number of ether oxygens (including phenoxy) is 1. The second kappa shape index (κ2) is 9.41. The smallest absolute Gasteiger partial charge is 0.265 e. The number of amides is 1. The molecule has 0 spiro atoms. The third kappa shape index (κ3) is 5.58. The van der Waals surface area contributed by atoms with Crippen LogP contribution >= 0.6 is 0 Å². The van der Waals surface area contributed by atoms with E-state index < -0.39 is 16.1 Å². The van der Waals surface area contributed by atoms with Gasteiger partial charge in [-0.25, -0.2) is 8.42 Å². The molecule has 3 rings (SSSR count). The predicted molar refractivity (Wildman–Crippen MR) is 114 cm³/mol. The molecule has 7 heteroatoms. The third-order valence-electron chi connectivity index (χ3n) is 4.98. The minimum Gasteiger partial charge on any atom is -0.481 e. The topological polar surface area (TPSA) is 75.7 Å². The fraction of sp³-hybridized carbons (Fsp3) is 0.409. The van der Waals surface area contributed by atoms with Crippen molar-refractivity contribution in [1.29, 1.82) is 0 Å². The van der Waals surface area contributed by atoms with Crippen molar-refractivity contribution >= 4 is 21.6 Å². The zero-order valence-corrected chi connectivity index (χ0v) is 17.7. The van der Waals surface area contributed by atoms with Gasteiger partial charge in [0.25, 0.3) is 5.91 Å². The Morgan fingerprint density at radius 2 is 1.72 bits per heavy atom. The first kappa shape index (κ1) is 21.3. The maximum absolute atomic E-state index is 13.0. The van der Waals surface area contributed by atoms with Crippen molar-refractivity contribution in [2.75, 3.05) is 18.4 Å². The van der Waals surface area contributed by atoms with E-state index in [0.717, 1.165) is 31.2 Å². The maximum atomic E-state index is 13.0. The highest BCUT2D eigenvalue weighted by atomic mass is 32.2. The zero-order valence-electron chi connectivity index (χ0n) is 16.9. The molecule has 1 saturated heterocycles. The quantitative estimate of drug-likeness (QED) is 0.773. The number of rotatable bonds is 6. The lowest BCUT2D eigenvalue weighted by Crippen LogP contribution is -2.32. The third-order valence-corrected chi connectivity index (χ3v) is 6.87. The summed E-state index contributed by atoms with van der Waals surface area (Å²) in [6, 6.07) is 13.9. The Kier molecular flexibility index (Phi) is 6.92. The molecule has 0 bridgehead atoms. The van der Waals surface area contributed by atoms with Crippen LogP contribution in [-0.2, 0) is 14.8 Å². The van der Waals surface area contributed by atoms with Gasteiger partial charge >= 0.3 is 0 Å². The molecule has 1 aliphatic rings. The van der Waals surface area contributed by atoms with Crippen LogP contribution in [0, 0.1) is 6.92 Å². The number of benzene rings is 2. The molecule has 0 saturated carbocycles. The number of nitrogens with zero attached hydrogens (tertiary/aromatic N) is 1. The van der Waals surface area contributed by atoms with Crippen LogP contribution in [0.25, 0.3) is 0 Å². The maximum Gasteiger partial charge on any atom is 0.265 e. The highest BCUT2D eigenvalue weighted by molar-refractivity contribution is 7.89. The van der Waals surface area contributed by atoms with Crippen molar-refractivity contribution < 1.29 is 17.9 Å². The molecule has 1 atom stereocenters. The number of nitrogens with one attached hydrogen (secondary N) is 1. The van der Waals surface area contributed by atoms with Gasteiger partial charge in [0.15, 0.2) is 6.10 Å². The summed E-state index contributed by atoms with van der Waals surface area (Å²) in [5.74, 6) is 0.279. The lowest BCUT2D eigenvalue weighted by Gasteiger charge is -2.20. The van der Waals surface area contributed by atoms with E-state index in [4.69, 9.17) is 4.74 Å². The molecule has 1 N–H and O–H groups in total. The number of carbonyl (C=O) groups excluding carboxylic acids is 1. The van der Waals surface area contributed by atoms with Crippen LogP contribution in [-0.4, -0.2) is 37.8 Å². The Morgan fingerprint density at radius 3 is 2.41 bits per heavy atom. The van der Waals surface area contributed by atoms with Crippen molar-refractivity contribution in [2.24, 2.45) is 0 Å². The molecular weight excluding hydrogens is 388 g/mol. The zero-order chi connectivity index (χ0) is 20.9. The molecule has 2 aromatic carbocycles. The Morgan fingerprint density at radius 1 is 1.03 bits per heavy atom. The molecule has 156 valence electrons. The highest BCUT2D eigenvalue weighted by Crippen LogP contribution is 2.23. The summed E-state index contributed by atoms with van der Waals surface area (Å²) in [5, 5.41) is 2.76. The summed E-state index contributed by atoms with van der Waals surface area (Å²) < 4.78 is 33.2. The van der Waals surface area contributed by atoms with Crippen LogP contribution in [0.5, 0.6) is 5.75 Å². The summed E-state index contributed by atoms with van der Waals surface area (Å²) in [6.07, 6.45) is 3.15. The molecule has 0 unspecified atom stereocenters. The molecule has 6 nitrogen and oxygen atoms in total. The lowest BCUT2D eigenvalue weighted by atomic mass is 10.2. The lowest BCUT2D eigenvalue weighted by molar-refractivity contribution is -0.122. The SMILES string of the molecule is Cc1cccc(O[C@@H](C)C(=O)Nc2cccc(S(=O)(=O)N3CCCCCC3)c2)c1. The van der Waals surface area contributed by atoms with Gasteiger partial charge in [0.2, 0.25) is 10.0 Å². The minimum absolute atomic E-state index is 0.199. The summed E-state index contributed by atoms with van der Waals surface area (Å²) in [7, 11) is -3.57. The van der Waals surface area contributed by atoms with E-state index in [-0.39, 0.29) is 10.8 Å². The van der Waals surface area contributed by atoms with Gasteiger partial charge in [0.1, 0.15) is 5.75 Å². The van der Waals surface area contributed by atoms with Crippen LogP contribution in [0.2, 0.25) is 0 Å². The Bertz CT molecular complexity index is 951. The number of hydrogen-bond donors (Lipinski definition) is 1. The number of sulfonamides is 1. The van der Waals surface area contributed by atoms with Gasteiger partial charge < -0.3 is 10.1 Å². The standard InChI is InChI=1S/C22H28N2O4S/c1-17-9-7-11-20(15-17)28-18(2)22(25)23-19-10-8-12-21(16-19)29(26,27)24-13-5-3-4-6-14-24/h7-12,15-16,18H,3-6,13-14H2,1-2H3,(H,23,25)/t18-/m0/s1. The fourth-order valence-corrected chi connectivity index (χ4v) is 4.92. The second-order valence-corrected chi connectivity index (χ2v) is 9.35. The molecular formula is C22H28N2O4S. The first-order valence-electron chi connectivity index (χ1n) is 10.0. The van der Waals surface area contributed by atoms with Crippen LogP contribution < -0.4 is 10.1 Å². The normalized spacial score (nSPS) is 16.6. The molecule has 1 fully saturated rings. The molecule has 0 aliphatic carbocycles. The Balaban J connectivity index is 1.69. The van der Waals surface area contributed by atoms with Crippen molar-refractivity contribution in [1.82, 2.24) is 4.31 Å². The summed E-state index contributed by atoms with van der Waals surface area (Å²) in [6.45, 7) is 4.70. The summed E-state index contributed by atoms with van der Waals surface area (Å²) in [4.78, 5) is 12.7. The molecule has 1 amide bonds. The number of hydrogen-bond acceptors (Lipinski definition) is 4. The van der Waals surface area contributed by atoms with E-state index in [9.17, 15) is 13.2 Å². The van der Waals surface area contributed by atoms with Crippen molar-refractivity contribution in [3.05, 3.63) is 54.1 Å². The molecule has 1 heterocycles. The van der Waals surface area contributed by atoms with Gasteiger partial charge in [0.05, 0.1) is 4.90 Å². The van der Waals surface area contributed by atoms with E-state index in [1.54, 1.807) is 35.5 Å². The molecule has 29 heavy (non-hydrogen) atoms. The fourth-order valence-electron chi connectivity index (χ4n) is 3.36. The molecule has 2 aromatic rings. The van der Waals surface area contributed by atoms with Crippen LogP contribution in [0.4, 0.5) is 5.69 Å². The van der Waals surface area contributed by atoms with Gasteiger partial charge in [-0.05, 0) is 62.6 Å². The first-order chi connectivity index (χ1) is 13.9. The van der Waals surface area contributed by atoms with Crippen LogP contribution in [0.1, 0.15) is 38.2 Å². The number of carbonyl (C=O) groups is 1. The average molecular weight is 417 g/mol. The van der Waals surface area contributed by atoms with Crippen LogP contribution in [0.15, 0.2) is 53.4 Å². The van der Waals surface area contributed by atoms with Gasteiger partial charge in [-0.1, -0.05) is 31.0 Å². The van der Waals surface area contributed by atoms with E-state index in [1.807, 2.05) is 25.1 Å². The predicted octanol–water partition coefficient (Wildman–Crippen LogP) is 3.97. The van der Waals surface area contributed by atoms with Crippen molar-refractivity contribution in [3.63, 3.8) is 0 Å². The van der Waals surface area contributed by atoms with Crippen LogP contribution in [0.3, 0.4) is 0 Å². The second-order valence-electron chi connectivity index (χ2n) is 7.41. The summed E-state index contributed by atoms with van der Waals surface area (Å²) >= 11 is 0. The summed E-state index contributed by atoms with van der Waals surface area (Å²) in [5.41, 5.74) is 1.48. The van der Waals surface area contributed by atoms with Gasteiger partial charge in [-0.3, -0.25) is 4.79 Å². The monoisotopic (exact) mass is 416 g/mol. The number of aryl methyl sites for hydroxylation is 1. The van der Waals surface area contributed by atoms with Gasteiger partial charge in [-0.2, -0.15) is 4.31 Å². The largest absolute Gasteiger partial charge is 0.481 e. The Hall–Kier alpha value is -2.38. The Labute approximate surface area is 172 Å². The van der Waals surface area contributed by atoms with Crippen molar-refractivity contribution in [3.8, 4) is 5.75 Å². The van der Waals surface area contributed by atoms with Crippen molar-refractivity contribution in [2.45, 2.75) is 50.5 Å². The van der Waals surface area contributed by atoms with Gasteiger partial charge in [-0.15, -0.1) is 0 Å². The molecule has 1 aliphatic heterocycles. The van der Waals surface area contributed by atoms with E-state index in [0.29, 0.717) is 24.5 Å². The average Bonchev–Trinajstić information content (AvgIpc) is 2.98. The number of anilines is 1. The molecule has 0 aromatic heterocycles. The van der Waals surface area contributed by atoms with E-state index in [1.165, 1.54) is 6.07 Å². The van der Waals surface area contributed by atoms with E-state index >= 15 is 0 Å². The highest BCUT2D eigenvalue weighted by Gasteiger charge is 2.25.